The average molecular weight is 490 g/mol. The zero-order valence-corrected chi connectivity index (χ0v) is 21.2. The Morgan fingerprint density at radius 3 is 2.33 bits per heavy atom. The van der Waals surface area contributed by atoms with Gasteiger partial charge in [-0.2, -0.15) is 0 Å². The predicted octanol–water partition coefficient (Wildman–Crippen LogP) is 5.26. The van der Waals surface area contributed by atoms with Crippen molar-refractivity contribution in [2.24, 2.45) is 0 Å². The molecule has 188 valence electrons. The maximum Gasteiger partial charge on any atom is 0.295 e. The number of Topliss-reactive ketones (excluding diaryl/α,β-unsaturated/α-hetero) is 1. The highest BCUT2D eigenvalue weighted by molar-refractivity contribution is 6.46. The van der Waals surface area contributed by atoms with Crippen LogP contribution in [0.3, 0.4) is 0 Å². The van der Waals surface area contributed by atoms with Crippen molar-refractivity contribution in [3.63, 3.8) is 0 Å². The van der Waals surface area contributed by atoms with Crippen molar-refractivity contribution in [3.05, 3.63) is 88.9 Å². The molecule has 1 atom stereocenters. The molecular weight excluding hydrogens is 458 g/mol. The molecule has 1 aliphatic heterocycles. The molecule has 0 saturated carbocycles. The fourth-order valence-electron chi connectivity index (χ4n) is 4.40. The molecular formula is C29H31NO6. The van der Waals surface area contributed by atoms with Crippen molar-refractivity contribution >= 4 is 17.4 Å². The van der Waals surface area contributed by atoms with Gasteiger partial charge in [0, 0.05) is 6.54 Å². The second-order valence-corrected chi connectivity index (χ2v) is 9.77. The molecule has 4 rings (SSSR count). The number of benzene rings is 2. The number of carbonyl (C=O) groups excluding carboxylic acids is 2. The number of hydrogen-bond acceptors (Lipinski definition) is 6. The van der Waals surface area contributed by atoms with E-state index in [-0.39, 0.29) is 23.3 Å². The zero-order valence-electron chi connectivity index (χ0n) is 21.2. The number of ether oxygens (including phenoxy) is 2. The second kappa shape index (κ2) is 9.93. The van der Waals surface area contributed by atoms with E-state index in [1.165, 1.54) is 18.3 Å². The third-order valence-corrected chi connectivity index (χ3v) is 6.47. The molecule has 2 aromatic carbocycles. The van der Waals surface area contributed by atoms with Gasteiger partial charge in [0.25, 0.3) is 11.7 Å². The number of furan rings is 1. The third-order valence-electron chi connectivity index (χ3n) is 6.47. The Bertz CT molecular complexity index is 1280. The summed E-state index contributed by atoms with van der Waals surface area (Å²) in [5.41, 5.74) is 2.07. The summed E-state index contributed by atoms with van der Waals surface area (Å²) in [7, 11) is 3.10. The van der Waals surface area contributed by atoms with Crippen LogP contribution in [-0.4, -0.2) is 42.5 Å². The van der Waals surface area contributed by atoms with E-state index in [1.54, 1.807) is 31.4 Å². The molecule has 0 aliphatic carbocycles. The topological polar surface area (TPSA) is 89.2 Å². The van der Waals surface area contributed by atoms with Crippen molar-refractivity contribution in [1.82, 2.24) is 4.90 Å². The molecule has 1 fully saturated rings. The number of rotatable bonds is 7. The minimum atomic E-state index is -0.860. The van der Waals surface area contributed by atoms with Gasteiger partial charge in [-0.1, -0.05) is 39.0 Å². The normalized spacial score (nSPS) is 17.5. The van der Waals surface area contributed by atoms with Gasteiger partial charge in [-0.15, -0.1) is 0 Å². The number of methoxy groups -OCH3 is 2. The first-order valence-corrected chi connectivity index (χ1v) is 11.8. The van der Waals surface area contributed by atoms with Gasteiger partial charge in [0.15, 0.2) is 0 Å². The van der Waals surface area contributed by atoms with E-state index in [1.807, 2.05) is 30.3 Å². The van der Waals surface area contributed by atoms with E-state index in [9.17, 15) is 14.7 Å². The van der Waals surface area contributed by atoms with Crippen LogP contribution in [0.4, 0.5) is 0 Å². The molecule has 1 saturated heterocycles. The predicted molar refractivity (Wildman–Crippen MR) is 136 cm³/mol. The van der Waals surface area contributed by atoms with E-state index in [4.69, 9.17) is 13.9 Å². The van der Waals surface area contributed by atoms with Crippen LogP contribution in [0.2, 0.25) is 0 Å². The Morgan fingerprint density at radius 1 is 1.03 bits per heavy atom. The van der Waals surface area contributed by atoms with Crippen LogP contribution in [0.1, 0.15) is 49.3 Å². The van der Waals surface area contributed by atoms with Crippen molar-refractivity contribution in [1.29, 1.82) is 0 Å². The molecule has 1 N–H and O–H groups in total. The van der Waals surface area contributed by atoms with Gasteiger partial charge >= 0.3 is 0 Å². The number of likely N-dealkylation sites (tertiary alicyclic amines) is 1. The summed E-state index contributed by atoms with van der Waals surface area (Å²) in [4.78, 5) is 28.0. The van der Waals surface area contributed by atoms with Crippen LogP contribution in [-0.2, 0) is 21.4 Å². The zero-order chi connectivity index (χ0) is 26.0. The molecule has 36 heavy (non-hydrogen) atoms. The van der Waals surface area contributed by atoms with Crippen LogP contribution in [0.5, 0.6) is 11.5 Å². The lowest BCUT2D eigenvalue weighted by molar-refractivity contribution is -0.140. The van der Waals surface area contributed by atoms with Crippen LogP contribution >= 0.6 is 0 Å². The Labute approximate surface area is 210 Å². The largest absolute Gasteiger partial charge is 0.507 e. The Balaban J connectivity index is 1.78. The molecule has 0 bridgehead atoms. The van der Waals surface area contributed by atoms with E-state index in [2.05, 4.69) is 20.8 Å². The van der Waals surface area contributed by atoms with Crippen molar-refractivity contribution in [2.75, 3.05) is 20.8 Å². The van der Waals surface area contributed by atoms with Crippen LogP contribution < -0.4 is 9.47 Å². The highest BCUT2D eigenvalue weighted by Crippen LogP contribution is 2.42. The van der Waals surface area contributed by atoms with Gasteiger partial charge in [0.1, 0.15) is 29.1 Å². The first-order valence-electron chi connectivity index (χ1n) is 11.8. The van der Waals surface area contributed by atoms with Crippen molar-refractivity contribution in [2.45, 2.75) is 38.6 Å². The summed E-state index contributed by atoms with van der Waals surface area (Å²) in [5.74, 6) is -0.185. The molecule has 0 radical (unpaired) electrons. The monoisotopic (exact) mass is 489 g/mol. The molecule has 2 heterocycles. The molecule has 7 nitrogen and oxygen atoms in total. The lowest BCUT2D eigenvalue weighted by atomic mass is 9.85. The van der Waals surface area contributed by atoms with E-state index in [0.717, 1.165) is 16.9 Å². The summed E-state index contributed by atoms with van der Waals surface area (Å²) in [5, 5.41) is 11.5. The first-order chi connectivity index (χ1) is 17.2. The van der Waals surface area contributed by atoms with Crippen molar-refractivity contribution in [3.8, 4) is 11.5 Å². The molecule has 1 unspecified atom stereocenters. The minimum absolute atomic E-state index is 0.0194. The highest BCUT2D eigenvalue weighted by Gasteiger charge is 2.47. The van der Waals surface area contributed by atoms with E-state index >= 15 is 0 Å². The summed E-state index contributed by atoms with van der Waals surface area (Å²) in [6.07, 6.45) is 2.00. The fourth-order valence-corrected chi connectivity index (χ4v) is 4.40. The number of carbonyl (C=O) groups is 2. The van der Waals surface area contributed by atoms with Crippen LogP contribution in [0, 0.1) is 0 Å². The van der Waals surface area contributed by atoms with Gasteiger partial charge in [0.05, 0.1) is 31.6 Å². The number of amides is 1. The smallest absolute Gasteiger partial charge is 0.295 e. The van der Waals surface area contributed by atoms with Gasteiger partial charge in [0.2, 0.25) is 0 Å². The summed E-state index contributed by atoms with van der Waals surface area (Å²) >= 11 is 0. The number of aliphatic hydroxyl groups is 1. The third kappa shape index (κ3) is 4.73. The Morgan fingerprint density at radius 2 is 1.75 bits per heavy atom. The van der Waals surface area contributed by atoms with Gasteiger partial charge in [-0.3, -0.25) is 9.59 Å². The Kier molecular flexibility index (Phi) is 6.93. The lowest BCUT2D eigenvalue weighted by Crippen LogP contribution is -2.31. The van der Waals surface area contributed by atoms with E-state index < -0.39 is 17.7 Å². The lowest BCUT2D eigenvalue weighted by Gasteiger charge is -2.24. The highest BCUT2D eigenvalue weighted by atomic mass is 16.5. The molecule has 7 heteroatoms. The quantitative estimate of drug-likeness (QED) is 0.277. The average Bonchev–Trinajstić information content (AvgIpc) is 3.48. The van der Waals surface area contributed by atoms with Gasteiger partial charge in [-0.25, -0.2) is 0 Å². The SMILES string of the molecule is COc1ccc(CCN2C(=O)C(=O)/C(=C(/O)c3cc(C(C)(C)C)ccc3OC)C2c2ccco2)cc1. The molecule has 1 aromatic heterocycles. The van der Waals surface area contributed by atoms with Gasteiger partial charge in [-0.05, 0) is 59.4 Å². The van der Waals surface area contributed by atoms with Crippen LogP contribution in [0.25, 0.3) is 5.76 Å². The first kappa shape index (κ1) is 25.1. The second-order valence-electron chi connectivity index (χ2n) is 9.77. The van der Waals surface area contributed by atoms with Crippen LogP contribution in [0.15, 0.2) is 70.9 Å². The summed E-state index contributed by atoms with van der Waals surface area (Å²) < 4.78 is 16.3. The molecule has 1 amide bonds. The maximum atomic E-state index is 13.3. The molecule has 0 spiro atoms. The fraction of sp³-hybridized carbons (Fsp3) is 0.310. The standard InChI is InChI=1S/C29H31NO6/c1-29(2,3)19-10-13-22(35-5)21(17-19)26(31)24-25(23-7-6-16-36-23)30(28(33)27(24)32)15-14-18-8-11-20(34-4)12-9-18/h6-13,16-17,25,31H,14-15H2,1-5H3/b26-24+. The number of hydrogen-bond donors (Lipinski definition) is 1. The number of nitrogens with zero attached hydrogens (tertiary/aromatic N) is 1. The van der Waals surface area contributed by atoms with Gasteiger partial charge < -0.3 is 23.9 Å². The molecule has 3 aromatic rings. The minimum Gasteiger partial charge on any atom is -0.507 e. The van der Waals surface area contributed by atoms with Crippen molar-refractivity contribution < 1.29 is 28.6 Å². The van der Waals surface area contributed by atoms with E-state index in [0.29, 0.717) is 23.5 Å². The number of aliphatic hydroxyl groups excluding tert-OH is 1. The maximum absolute atomic E-state index is 13.3. The summed E-state index contributed by atoms with van der Waals surface area (Å²) in [6.45, 7) is 6.43. The number of ketones is 1. The molecule has 1 aliphatic rings. The Hall–Kier alpha value is -4.00. The summed E-state index contributed by atoms with van der Waals surface area (Å²) in [6, 6.07) is 15.6.